The summed E-state index contributed by atoms with van der Waals surface area (Å²) in [6.07, 6.45) is 0. The number of hydrogen-bond donors (Lipinski definition) is 0. The van der Waals surface area contributed by atoms with E-state index in [9.17, 15) is 0 Å². The zero-order valence-corrected chi connectivity index (χ0v) is 13.9. The third-order valence-electron chi connectivity index (χ3n) is 2.98. The first kappa shape index (κ1) is 13.6. The molecule has 0 amide bonds. The SMILES string of the molecule is Clc1ccccc1C1=NC2=S(SC(c3ccccc3)=N2)S1. The number of rotatable bonds is 2. The standard InChI is InChI=1S/C15H9ClN2S3/c16-12-9-5-4-8-11(12)14-18-15-17-13(19-21(15)20-14)10-6-2-1-3-7-10/h1-9H. The Labute approximate surface area is 137 Å². The normalized spacial score (nSPS) is 20.2. The maximum Gasteiger partial charge on any atom is 0.200 e. The van der Waals surface area contributed by atoms with Crippen molar-refractivity contribution in [3.05, 3.63) is 70.7 Å². The van der Waals surface area contributed by atoms with Gasteiger partial charge in [0.1, 0.15) is 10.1 Å². The predicted molar refractivity (Wildman–Crippen MR) is 98.7 cm³/mol. The fraction of sp³-hybridized carbons (Fsp3) is 0. The van der Waals surface area contributed by atoms with E-state index in [4.69, 9.17) is 11.6 Å². The zero-order valence-electron chi connectivity index (χ0n) is 10.7. The van der Waals surface area contributed by atoms with Crippen molar-refractivity contribution in [2.75, 3.05) is 0 Å². The second-order valence-corrected chi connectivity index (χ2v) is 10.3. The van der Waals surface area contributed by atoms with Crippen molar-refractivity contribution in [1.82, 2.24) is 0 Å². The largest absolute Gasteiger partial charge is 0.214 e. The lowest BCUT2D eigenvalue weighted by Crippen LogP contribution is -1.97. The fourth-order valence-corrected chi connectivity index (χ4v) is 8.03. The molecular formula is C15H9ClN2S3. The van der Waals surface area contributed by atoms with Gasteiger partial charge in [-0.2, -0.15) is 0 Å². The smallest absolute Gasteiger partial charge is 0.200 e. The van der Waals surface area contributed by atoms with Gasteiger partial charge >= 0.3 is 0 Å². The van der Waals surface area contributed by atoms with Crippen LogP contribution in [0.5, 0.6) is 0 Å². The van der Waals surface area contributed by atoms with E-state index in [1.54, 1.807) is 21.6 Å². The molecule has 0 saturated carbocycles. The van der Waals surface area contributed by atoms with Crippen molar-refractivity contribution in [3.63, 3.8) is 0 Å². The molecule has 0 fully saturated rings. The highest BCUT2D eigenvalue weighted by Crippen LogP contribution is 2.55. The van der Waals surface area contributed by atoms with Crippen molar-refractivity contribution in [2.24, 2.45) is 9.98 Å². The molecule has 0 saturated heterocycles. The van der Waals surface area contributed by atoms with Gasteiger partial charge in [-0.05, 0) is 36.2 Å². The second kappa shape index (κ2) is 5.65. The molecule has 2 aliphatic heterocycles. The van der Waals surface area contributed by atoms with Gasteiger partial charge in [-0.15, -0.1) is 0 Å². The van der Waals surface area contributed by atoms with Crippen molar-refractivity contribution in [3.8, 4) is 0 Å². The van der Waals surface area contributed by atoms with Crippen molar-refractivity contribution in [1.29, 1.82) is 0 Å². The third kappa shape index (κ3) is 2.59. The summed E-state index contributed by atoms with van der Waals surface area (Å²) in [5.74, 6) is 0. The van der Waals surface area contributed by atoms with Crippen molar-refractivity contribution < 1.29 is 0 Å². The van der Waals surface area contributed by atoms with Gasteiger partial charge in [0, 0.05) is 11.1 Å². The molecule has 2 aromatic carbocycles. The average Bonchev–Trinajstić information content (AvgIpc) is 3.07. The molecule has 4 rings (SSSR count). The van der Waals surface area contributed by atoms with Gasteiger partial charge in [0.15, 0.2) is 0 Å². The minimum absolute atomic E-state index is 0.0534. The van der Waals surface area contributed by atoms with E-state index < -0.39 is 0 Å². The van der Waals surface area contributed by atoms with Gasteiger partial charge in [-0.25, -0.2) is 9.98 Å². The van der Waals surface area contributed by atoms with Crippen LogP contribution in [-0.2, 0) is 0 Å². The van der Waals surface area contributed by atoms with Gasteiger partial charge in [-0.3, -0.25) is 0 Å². The summed E-state index contributed by atoms with van der Waals surface area (Å²) in [6.45, 7) is 0. The summed E-state index contributed by atoms with van der Waals surface area (Å²) in [4.78, 5) is 9.36. The van der Waals surface area contributed by atoms with E-state index in [1.807, 2.05) is 42.5 Å². The summed E-state index contributed by atoms with van der Waals surface area (Å²) in [7, 11) is 3.48. The molecule has 21 heavy (non-hydrogen) atoms. The highest BCUT2D eigenvalue weighted by Gasteiger charge is 2.28. The van der Waals surface area contributed by atoms with Crippen LogP contribution in [-0.4, -0.2) is 15.2 Å². The molecule has 1 atom stereocenters. The highest BCUT2D eigenvalue weighted by molar-refractivity contribution is 9.21. The molecule has 1 unspecified atom stereocenters. The zero-order chi connectivity index (χ0) is 14.2. The number of hydrogen-bond acceptors (Lipinski definition) is 4. The number of aliphatic imine (C=N–C) groups is 2. The maximum absolute atomic E-state index is 6.24. The van der Waals surface area contributed by atoms with Crippen LogP contribution in [0.4, 0.5) is 0 Å². The first-order valence-corrected chi connectivity index (χ1v) is 10.5. The summed E-state index contributed by atoms with van der Waals surface area (Å²) in [5, 5.41) is 3.69. The number of halogens is 1. The van der Waals surface area contributed by atoms with Crippen LogP contribution in [0, 0.1) is 0 Å². The van der Waals surface area contributed by atoms with Gasteiger partial charge < -0.3 is 0 Å². The summed E-state index contributed by atoms with van der Waals surface area (Å²) in [6, 6.07) is 18.1. The van der Waals surface area contributed by atoms with Gasteiger partial charge in [0.25, 0.3) is 0 Å². The lowest BCUT2D eigenvalue weighted by atomic mass is 10.2. The predicted octanol–water partition coefficient (Wildman–Crippen LogP) is 5.21. The molecule has 104 valence electrons. The van der Waals surface area contributed by atoms with Gasteiger partial charge in [0.05, 0.1) is 5.02 Å². The van der Waals surface area contributed by atoms with Crippen molar-refractivity contribution >= 4 is 56.9 Å². The van der Waals surface area contributed by atoms with Gasteiger partial charge in [-0.1, -0.05) is 60.1 Å². The summed E-state index contributed by atoms with van der Waals surface area (Å²) < 4.78 is 0. The van der Waals surface area contributed by atoms with Crippen LogP contribution in [0.15, 0.2) is 64.6 Å². The third-order valence-corrected chi connectivity index (χ3v) is 9.02. The quantitative estimate of drug-likeness (QED) is 0.549. The topological polar surface area (TPSA) is 24.7 Å². The van der Waals surface area contributed by atoms with E-state index >= 15 is 0 Å². The van der Waals surface area contributed by atoms with E-state index in [1.165, 1.54) is 0 Å². The van der Waals surface area contributed by atoms with Gasteiger partial charge in [0.2, 0.25) is 5.11 Å². The van der Waals surface area contributed by atoms with E-state index in [0.717, 1.165) is 31.3 Å². The highest BCUT2D eigenvalue weighted by atomic mass is 35.5. The molecule has 0 aliphatic carbocycles. The minimum atomic E-state index is -0.0534. The molecule has 2 nitrogen and oxygen atoms in total. The summed E-state index contributed by atoms with van der Waals surface area (Å²) in [5.41, 5.74) is 2.16. The van der Waals surface area contributed by atoms with E-state index in [-0.39, 0.29) is 8.55 Å². The minimum Gasteiger partial charge on any atom is -0.214 e. The Morgan fingerprint density at radius 1 is 0.810 bits per heavy atom. The molecule has 6 heteroatoms. The first-order valence-electron chi connectivity index (χ1n) is 6.27. The van der Waals surface area contributed by atoms with Crippen LogP contribution < -0.4 is 0 Å². The molecule has 0 N–H and O–H groups in total. The Bertz CT molecular complexity index is 813. The van der Waals surface area contributed by atoms with Crippen LogP contribution in [0.25, 0.3) is 0 Å². The lowest BCUT2D eigenvalue weighted by molar-refractivity contribution is 1.58. The fourth-order valence-electron chi connectivity index (χ4n) is 1.98. The first-order chi connectivity index (χ1) is 10.3. The Kier molecular flexibility index (Phi) is 3.67. The molecular weight excluding hydrogens is 340 g/mol. The molecule has 0 bridgehead atoms. The maximum atomic E-state index is 6.24. The Morgan fingerprint density at radius 2 is 1.48 bits per heavy atom. The molecule has 0 radical (unpaired) electrons. The number of nitrogens with zero attached hydrogens (tertiary/aromatic N) is 2. The molecule has 2 heterocycles. The second-order valence-electron chi connectivity index (χ2n) is 4.36. The van der Waals surface area contributed by atoms with Crippen LogP contribution >= 0.6 is 41.7 Å². The van der Waals surface area contributed by atoms with E-state index in [0.29, 0.717) is 0 Å². The van der Waals surface area contributed by atoms with Crippen molar-refractivity contribution in [2.45, 2.75) is 0 Å². The Hall–Kier alpha value is -1.01. The molecule has 2 aromatic rings. The molecule has 0 aromatic heterocycles. The molecule has 2 aliphatic rings. The monoisotopic (exact) mass is 348 g/mol. The van der Waals surface area contributed by atoms with Crippen LogP contribution in [0.3, 0.4) is 0 Å². The van der Waals surface area contributed by atoms with Crippen LogP contribution in [0.2, 0.25) is 5.02 Å². The Morgan fingerprint density at radius 3 is 2.24 bits per heavy atom. The summed E-state index contributed by atoms with van der Waals surface area (Å²) >= 11 is 6.24. The number of benzene rings is 2. The Balaban J connectivity index is 1.64. The van der Waals surface area contributed by atoms with Crippen LogP contribution in [0.1, 0.15) is 11.1 Å². The van der Waals surface area contributed by atoms with E-state index in [2.05, 4.69) is 22.1 Å². The molecule has 0 spiro atoms. The lowest BCUT2D eigenvalue weighted by Gasteiger charge is -2.05. The average molecular weight is 349 g/mol.